The molecule has 1 aliphatic rings. The van der Waals surface area contributed by atoms with Gasteiger partial charge in [-0.05, 0) is 35.7 Å². The second-order valence-corrected chi connectivity index (χ2v) is 6.42. The SMILES string of the molecule is O=C(NCC1NCCc2ccccc21)c1ccccc1Cn1ccnn1. The molecule has 2 aromatic carbocycles. The highest BCUT2D eigenvalue weighted by atomic mass is 16.1. The molecule has 1 amide bonds. The second kappa shape index (κ2) is 7.49. The average molecular weight is 347 g/mol. The molecule has 2 N–H and O–H groups in total. The predicted octanol–water partition coefficient (Wildman–Crippen LogP) is 1.94. The first-order valence-electron chi connectivity index (χ1n) is 8.82. The van der Waals surface area contributed by atoms with Crippen molar-refractivity contribution >= 4 is 5.91 Å². The highest BCUT2D eigenvalue weighted by Gasteiger charge is 2.20. The van der Waals surface area contributed by atoms with Crippen molar-refractivity contribution in [1.82, 2.24) is 25.6 Å². The Hall–Kier alpha value is -2.99. The number of nitrogens with zero attached hydrogens (tertiary/aromatic N) is 3. The van der Waals surface area contributed by atoms with Crippen LogP contribution in [-0.2, 0) is 13.0 Å². The molecule has 4 rings (SSSR count). The summed E-state index contributed by atoms with van der Waals surface area (Å²) in [6.45, 7) is 2.02. The Morgan fingerprint density at radius 3 is 2.92 bits per heavy atom. The summed E-state index contributed by atoms with van der Waals surface area (Å²) in [6.07, 6.45) is 4.45. The molecule has 0 aliphatic carbocycles. The lowest BCUT2D eigenvalue weighted by Crippen LogP contribution is -2.39. The van der Waals surface area contributed by atoms with Gasteiger partial charge in [0.2, 0.25) is 0 Å². The zero-order valence-electron chi connectivity index (χ0n) is 14.4. The maximum atomic E-state index is 12.8. The van der Waals surface area contributed by atoms with E-state index in [-0.39, 0.29) is 11.9 Å². The minimum atomic E-state index is -0.0643. The van der Waals surface area contributed by atoms with E-state index in [1.165, 1.54) is 11.1 Å². The first-order chi connectivity index (χ1) is 12.8. The van der Waals surface area contributed by atoms with E-state index >= 15 is 0 Å². The molecule has 0 spiro atoms. The average Bonchev–Trinajstić information content (AvgIpc) is 3.19. The summed E-state index contributed by atoms with van der Waals surface area (Å²) in [7, 11) is 0. The monoisotopic (exact) mass is 347 g/mol. The van der Waals surface area contributed by atoms with E-state index in [1.807, 2.05) is 30.3 Å². The number of rotatable bonds is 5. The summed E-state index contributed by atoms with van der Waals surface area (Å²) < 4.78 is 1.71. The van der Waals surface area contributed by atoms with E-state index in [9.17, 15) is 4.79 Å². The minimum absolute atomic E-state index is 0.0643. The number of hydrogen-bond donors (Lipinski definition) is 2. The molecule has 6 heteroatoms. The fraction of sp³-hybridized carbons (Fsp3) is 0.250. The van der Waals surface area contributed by atoms with Gasteiger partial charge in [0.1, 0.15) is 0 Å². The molecule has 2 heterocycles. The number of benzene rings is 2. The number of aromatic nitrogens is 3. The Labute approximate surface area is 152 Å². The van der Waals surface area contributed by atoms with Crippen LogP contribution in [0.15, 0.2) is 60.9 Å². The van der Waals surface area contributed by atoms with Crippen LogP contribution < -0.4 is 10.6 Å². The largest absolute Gasteiger partial charge is 0.350 e. The van der Waals surface area contributed by atoms with Crippen LogP contribution in [0.25, 0.3) is 0 Å². The molecule has 6 nitrogen and oxygen atoms in total. The molecule has 0 radical (unpaired) electrons. The number of fused-ring (bicyclic) bond motifs is 1. The lowest BCUT2D eigenvalue weighted by molar-refractivity contribution is 0.0948. The standard InChI is InChI=1S/C20H21N5O/c26-20(18-8-4-2-6-16(18)14-25-12-11-23-24-25)22-13-19-17-7-3-1-5-15(17)9-10-21-19/h1-8,11-12,19,21H,9-10,13-14H2,(H,22,26). The maximum absolute atomic E-state index is 12.8. The third-order valence-corrected chi connectivity index (χ3v) is 4.75. The fourth-order valence-electron chi connectivity index (χ4n) is 3.44. The molecule has 1 unspecified atom stereocenters. The first-order valence-corrected chi connectivity index (χ1v) is 8.82. The smallest absolute Gasteiger partial charge is 0.251 e. The Morgan fingerprint density at radius 2 is 2.04 bits per heavy atom. The summed E-state index contributed by atoms with van der Waals surface area (Å²) in [4.78, 5) is 12.8. The Morgan fingerprint density at radius 1 is 1.19 bits per heavy atom. The third-order valence-electron chi connectivity index (χ3n) is 4.75. The van der Waals surface area contributed by atoms with Crippen molar-refractivity contribution in [3.05, 3.63) is 83.2 Å². The fourth-order valence-corrected chi connectivity index (χ4v) is 3.44. The molecule has 1 atom stereocenters. The molecule has 0 bridgehead atoms. The molecular weight excluding hydrogens is 326 g/mol. The third kappa shape index (κ3) is 3.50. The van der Waals surface area contributed by atoms with Gasteiger partial charge in [0.15, 0.2) is 0 Å². The van der Waals surface area contributed by atoms with Crippen molar-refractivity contribution in [2.75, 3.05) is 13.1 Å². The van der Waals surface area contributed by atoms with Gasteiger partial charge in [0, 0.05) is 24.3 Å². The summed E-state index contributed by atoms with van der Waals surface area (Å²) in [5.74, 6) is -0.0643. The van der Waals surface area contributed by atoms with Gasteiger partial charge in [-0.2, -0.15) is 0 Å². The number of carbonyl (C=O) groups is 1. The van der Waals surface area contributed by atoms with Gasteiger partial charge in [-0.25, -0.2) is 4.68 Å². The molecule has 132 valence electrons. The molecule has 0 saturated heterocycles. The van der Waals surface area contributed by atoms with Crippen molar-refractivity contribution < 1.29 is 4.79 Å². The Bertz CT molecular complexity index is 891. The van der Waals surface area contributed by atoms with Gasteiger partial charge >= 0.3 is 0 Å². The second-order valence-electron chi connectivity index (χ2n) is 6.42. The van der Waals surface area contributed by atoms with E-state index in [2.05, 4.69) is 39.1 Å². The molecule has 0 saturated carbocycles. The van der Waals surface area contributed by atoms with Crippen molar-refractivity contribution in [2.45, 2.75) is 19.0 Å². The van der Waals surface area contributed by atoms with E-state index in [0.29, 0.717) is 18.7 Å². The molecule has 1 aromatic heterocycles. The highest BCUT2D eigenvalue weighted by Crippen LogP contribution is 2.22. The lowest BCUT2D eigenvalue weighted by atomic mass is 9.94. The summed E-state index contributed by atoms with van der Waals surface area (Å²) in [5, 5.41) is 14.4. The Kier molecular flexibility index (Phi) is 4.75. The zero-order valence-corrected chi connectivity index (χ0v) is 14.4. The van der Waals surface area contributed by atoms with Gasteiger partial charge in [0.05, 0.1) is 12.7 Å². The maximum Gasteiger partial charge on any atom is 0.251 e. The van der Waals surface area contributed by atoms with Crippen molar-refractivity contribution in [2.24, 2.45) is 0 Å². The van der Waals surface area contributed by atoms with E-state index in [1.54, 1.807) is 17.1 Å². The van der Waals surface area contributed by atoms with Crippen LogP contribution >= 0.6 is 0 Å². The summed E-state index contributed by atoms with van der Waals surface area (Å²) in [6, 6.07) is 16.2. The molecule has 0 fully saturated rings. The van der Waals surface area contributed by atoms with E-state index < -0.39 is 0 Å². The van der Waals surface area contributed by atoms with Crippen molar-refractivity contribution in [3.63, 3.8) is 0 Å². The number of carbonyl (C=O) groups excluding carboxylic acids is 1. The molecule has 26 heavy (non-hydrogen) atoms. The topological polar surface area (TPSA) is 71.8 Å². The van der Waals surface area contributed by atoms with Crippen LogP contribution in [-0.4, -0.2) is 34.0 Å². The van der Waals surface area contributed by atoms with Crippen molar-refractivity contribution in [3.8, 4) is 0 Å². The van der Waals surface area contributed by atoms with E-state index in [0.717, 1.165) is 18.5 Å². The van der Waals surface area contributed by atoms with Crippen LogP contribution in [0.2, 0.25) is 0 Å². The van der Waals surface area contributed by atoms with Crippen LogP contribution in [0.3, 0.4) is 0 Å². The predicted molar refractivity (Wildman–Crippen MR) is 98.8 cm³/mol. The quantitative estimate of drug-likeness (QED) is 0.740. The molecule has 3 aromatic rings. The van der Waals surface area contributed by atoms with Crippen molar-refractivity contribution in [1.29, 1.82) is 0 Å². The zero-order chi connectivity index (χ0) is 17.8. The van der Waals surface area contributed by atoms with Gasteiger partial charge in [0.25, 0.3) is 5.91 Å². The van der Waals surface area contributed by atoms with E-state index in [4.69, 9.17) is 0 Å². The molecular formula is C20H21N5O. The van der Waals surface area contributed by atoms with Crippen LogP contribution in [0.4, 0.5) is 0 Å². The Balaban J connectivity index is 1.46. The lowest BCUT2D eigenvalue weighted by Gasteiger charge is -2.27. The summed E-state index contributed by atoms with van der Waals surface area (Å²) in [5.41, 5.74) is 4.23. The van der Waals surface area contributed by atoms with Gasteiger partial charge in [-0.15, -0.1) is 5.10 Å². The van der Waals surface area contributed by atoms with Crippen LogP contribution in [0.5, 0.6) is 0 Å². The van der Waals surface area contributed by atoms with Crippen LogP contribution in [0.1, 0.15) is 33.1 Å². The normalized spacial score (nSPS) is 16.1. The van der Waals surface area contributed by atoms with Crippen LogP contribution in [0, 0.1) is 0 Å². The number of hydrogen-bond acceptors (Lipinski definition) is 4. The molecule has 1 aliphatic heterocycles. The number of amides is 1. The van der Waals surface area contributed by atoms with Gasteiger partial charge < -0.3 is 10.6 Å². The van der Waals surface area contributed by atoms with Gasteiger partial charge in [-0.3, -0.25) is 4.79 Å². The van der Waals surface area contributed by atoms with Gasteiger partial charge in [-0.1, -0.05) is 47.7 Å². The highest BCUT2D eigenvalue weighted by molar-refractivity contribution is 5.95. The minimum Gasteiger partial charge on any atom is -0.350 e. The number of nitrogens with one attached hydrogen (secondary N) is 2. The first kappa shape index (κ1) is 16.5. The summed E-state index contributed by atoms with van der Waals surface area (Å²) >= 11 is 0.